The van der Waals surface area contributed by atoms with Crippen LogP contribution in [0.2, 0.25) is 0 Å². The summed E-state index contributed by atoms with van der Waals surface area (Å²) < 4.78 is 63.9. The first-order chi connectivity index (χ1) is 9.20. The van der Waals surface area contributed by atoms with Crippen LogP contribution in [0.3, 0.4) is 0 Å². The molecule has 2 rings (SSSR count). The van der Waals surface area contributed by atoms with E-state index in [2.05, 4.69) is 20.7 Å². The molecule has 1 unspecified atom stereocenters. The number of nitrogens with one attached hydrogen (secondary N) is 1. The molecule has 1 aliphatic rings. The summed E-state index contributed by atoms with van der Waals surface area (Å²) in [6.45, 7) is 0.170. The molecule has 1 aromatic rings. The molecular formula is C12H13BrF3NO2S. The molecule has 1 aliphatic carbocycles. The monoisotopic (exact) mass is 371 g/mol. The second-order valence-electron chi connectivity index (χ2n) is 4.73. The molecule has 0 radical (unpaired) electrons. The van der Waals surface area contributed by atoms with Crippen molar-refractivity contribution in [2.24, 2.45) is 5.92 Å². The van der Waals surface area contributed by atoms with Crippen LogP contribution in [0.4, 0.5) is 13.2 Å². The summed E-state index contributed by atoms with van der Waals surface area (Å²) >= 11 is 3.37. The molecule has 0 saturated heterocycles. The van der Waals surface area contributed by atoms with Gasteiger partial charge in [0.05, 0.1) is 10.5 Å². The van der Waals surface area contributed by atoms with Gasteiger partial charge < -0.3 is 0 Å². The quantitative estimate of drug-likeness (QED) is 0.808. The molecule has 20 heavy (non-hydrogen) atoms. The highest BCUT2D eigenvalue weighted by Gasteiger charge is 2.32. The van der Waals surface area contributed by atoms with Crippen LogP contribution in [0.1, 0.15) is 18.4 Å². The number of alkyl halides is 4. The van der Waals surface area contributed by atoms with Crippen molar-refractivity contribution < 1.29 is 21.6 Å². The van der Waals surface area contributed by atoms with Crippen molar-refractivity contribution in [2.75, 3.05) is 6.54 Å². The Morgan fingerprint density at radius 3 is 2.55 bits per heavy atom. The SMILES string of the molecule is O=S(=O)(NCC(Br)C1CC1)c1cccc(C(F)(F)F)c1. The van der Waals surface area contributed by atoms with Crippen molar-refractivity contribution in [2.45, 2.75) is 28.7 Å². The maximum absolute atomic E-state index is 12.6. The van der Waals surface area contributed by atoms with Crippen LogP contribution in [-0.2, 0) is 16.2 Å². The fraction of sp³-hybridized carbons (Fsp3) is 0.500. The van der Waals surface area contributed by atoms with Gasteiger partial charge in [-0.25, -0.2) is 13.1 Å². The van der Waals surface area contributed by atoms with Crippen molar-refractivity contribution in [3.63, 3.8) is 0 Å². The predicted octanol–water partition coefficient (Wildman–Crippen LogP) is 3.16. The summed E-state index contributed by atoms with van der Waals surface area (Å²) in [5.74, 6) is 0.444. The van der Waals surface area contributed by atoms with Crippen LogP contribution in [0.25, 0.3) is 0 Å². The average Bonchev–Trinajstić information content (AvgIpc) is 3.19. The zero-order valence-electron chi connectivity index (χ0n) is 10.3. The zero-order chi connectivity index (χ0) is 15.0. The van der Waals surface area contributed by atoms with E-state index in [9.17, 15) is 21.6 Å². The Labute approximate surface area is 123 Å². The third-order valence-electron chi connectivity index (χ3n) is 3.07. The molecule has 1 saturated carbocycles. The van der Waals surface area contributed by atoms with Gasteiger partial charge in [0.15, 0.2) is 0 Å². The van der Waals surface area contributed by atoms with E-state index in [1.165, 1.54) is 0 Å². The van der Waals surface area contributed by atoms with Gasteiger partial charge in [0.25, 0.3) is 0 Å². The average molecular weight is 372 g/mol. The maximum Gasteiger partial charge on any atom is 0.416 e. The Morgan fingerprint density at radius 2 is 2.00 bits per heavy atom. The molecule has 0 bridgehead atoms. The molecule has 0 aromatic heterocycles. The second-order valence-corrected chi connectivity index (χ2v) is 7.67. The van der Waals surface area contributed by atoms with Crippen LogP contribution in [0.5, 0.6) is 0 Å². The minimum absolute atomic E-state index is 0.0167. The van der Waals surface area contributed by atoms with Gasteiger partial charge in [-0.15, -0.1) is 0 Å². The van der Waals surface area contributed by atoms with Crippen LogP contribution in [-0.4, -0.2) is 19.8 Å². The number of hydrogen-bond donors (Lipinski definition) is 1. The summed E-state index contributed by atoms with van der Waals surface area (Å²) in [5, 5.41) is 0. The summed E-state index contributed by atoms with van der Waals surface area (Å²) in [5.41, 5.74) is -0.974. The lowest BCUT2D eigenvalue weighted by Gasteiger charge is -2.12. The molecule has 112 valence electrons. The van der Waals surface area contributed by atoms with Crippen molar-refractivity contribution in [1.82, 2.24) is 4.72 Å². The standard InChI is InChI=1S/C12H13BrF3NO2S/c13-11(8-4-5-8)7-17-20(18,19)10-3-1-2-9(6-10)12(14,15)16/h1-3,6,8,11,17H,4-5,7H2. The molecule has 3 nitrogen and oxygen atoms in total. The first kappa shape index (κ1) is 15.8. The largest absolute Gasteiger partial charge is 0.416 e. The Balaban J connectivity index is 2.12. The summed E-state index contributed by atoms with van der Waals surface area (Å²) in [6, 6.07) is 3.72. The molecule has 8 heteroatoms. The van der Waals surface area contributed by atoms with E-state index in [0.29, 0.717) is 12.0 Å². The zero-order valence-corrected chi connectivity index (χ0v) is 12.7. The molecule has 0 aliphatic heterocycles. The van der Waals surface area contributed by atoms with Gasteiger partial charge in [0.2, 0.25) is 10.0 Å². The molecule has 1 fully saturated rings. The highest BCUT2D eigenvalue weighted by Crippen LogP contribution is 2.36. The Morgan fingerprint density at radius 1 is 1.35 bits per heavy atom. The van der Waals surface area contributed by atoms with Crippen LogP contribution in [0, 0.1) is 5.92 Å². The first-order valence-corrected chi connectivity index (χ1v) is 8.41. The highest BCUT2D eigenvalue weighted by atomic mass is 79.9. The van der Waals surface area contributed by atoms with Crippen molar-refractivity contribution in [3.8, 4) is 0 Å². The maximum atomic E-state index is 12.6. The minimum atomic E-state index is -4.56. The highest BCUT2D eigenvalue weighted by molar-refractivity contribution is 9.09. The summed E-state index contributed by atoms with van der Waals surface area (Å²) in [4.78, 5) is -0.356. The van der Waals surface area contributed by atoms with Gasteiger partial charge in [0.1, 0.15) is 0 Å². The van der Waals surface area contributed by atoms with Crippen LogP contribution in [0.15, 0.2) is 29.2 Å². The van der Waals surface area contributed by atoms with Gasteiger partial charge in [-0.1, -0.05) is 22.0 Å². The summed E-state index contributed by atoms with van der Waals surface area (Å²) in [7, 11) is -3.92. The minimum Gasteiger partial charge on any atom is -0.210 e. The van der Waals surface area contributed by atoms with Crippen LogP contribution < -0.4 is 4.72 Å². The smallest absolute Gasteiger partial charge is 0.210 e. The Kier molecular flexibility index (Phi) is 4.46. The van der Waals surface area contributed by atoms with E-state index in [1.807, 2.05) is 0 Å². The summed E-state index contributed by atoms with van der Waals surface area (Å²) in [6.07, 6.45) is -2.47. The number of hydrogen-bond acceptors (Lipinski definition) is 2. The van der Waals surface area contributed by atoms with E-state index < -0.39 is 21.8 Å². The van der Waals surface area contributed by atoms with Gasteiger partial charge >= 0.3 is 6.18 Å². The van der Waals surface area contributed by atoms with Gasteiger partial charge in [-0.05, 0) is 37.0 Å². The molecule has 0 spiro atoms. The van der Waals surface area contributed by atoms with Crippen molar-refractivity contribution in [3.05, 3.63) is 29.8 Å². The van der Waals surface area contributed by atoms with Gasteiger partial charge in [-0.3, -0.25) is 0 Å². The fourth-order valence-electron chi connectivity index (χ4n) is 1.74. The first-order valence-electron chi connectivity index (χ1n) is 6.01. The fourth-order valence-corrected chi connectivity index (χ4v) is 3.75. The number of halogens is 4. The lowest BCUT2D eigenvalue weighted by atomic mass is 10.2. The predicted molar refractivity (Wildman–Crippen MR) is 72.1 cm³/mol. The van der Waals surface area contributed by atoms with E-state index in [0.717, 1.165) is 31.0 Å². The van der Waals surface area contributed by atoms with E-state index in [4.69, 9.17) is 0 Å². The second kappa shape index (κ2) is 5.65. The molecule has 1 aromatic carbocycles. The Bertz CT molecular complexity index is 585. The van der Waals surface area contributed by atoms with Gasteiger partial charge in [0, 0.05) is 11.4 Å². The number of rotatable bonds is 5. The lowest BCUT2D eigenvalue weighted by Crippen LogP contribution is -2.30. The molecule has 1 N–H and O–H groups in total. The molecule has 0 amide bonds. The topological polar surface area (TPSA) is 46.2 Å². The van der Waals surface area contributed by atoms with Crippen molar-refractivity contribution >= 4 is 26.0 Å². The van der Waals surface area contributed by atoms with E-state index in [1.54, 1.807) is 0 Å². The molecule has 1 atom stereocenters. The normalized spacial score (nSPS) is 18.0. The number of sulfonamides is 1. The van der Waals surface area contributed by atoms with Crippen molar-refractivity contribution in [1.29, 1.82) is 0 Å². The lowest BCUT2D eigenvalue weighted by molar-refractivity contribution is -0.137. The van der Waals surface area contributed by atoms with Crippen LogP contribution >= 0.6 is 15.9 Å². The van der Waals surface area contributed by atoms with E-state index >= 15 is 0 Å². The van der Waals surface area contributed by atoms with Gasteiger partial charge in [-0.2, -0.15) is 13.2 Å². The Hall–Kier alpha value is -0.600. The molecule has 0 heterocycles. The number of benzene rings is 1. The van der Waals surface area contributed by atoms with E-state index in [-0.39, 0.29) is 16.3 Å². The third-order valence-corrected chi connectivity index (χ3v) is 5.57. The third kappa shape index (κ3) is 3.95. The molecular weight excluding hydrogens is 359 g/mol.